The first-order chi connectivity index (χ1) is 14.2. The minimum absolute atomic E-state index is 0.0136. The van der Waals surface area contributed by atoms with Gasteiger partial charge < -0.3 is 9.47 Å². The molecule has 0 saturated carbocycles. The number of nitrogens with zero attached hydrogens (tertiary/aromatic N) is 1. The Hall–Kier alpha value is -2.23. The summed E-state index contributed by atoms with van der Waals surface area (Å²) in [5.41, 5.74) is 0.503. The summed E-state index contributed by atoms with van der Waals surface area (Å²) < 4.78 is 38.0. The smallest absolute Gasteiger partial charge is 0.349 e. The molecule has 9 heteroatoms. The second-order valence-electron chi connectivity index (χ2n) is 7.37. The molecule has 2 heterocycles. The predicted octanol–water partition coefficient (Wildman–Crippen LogP) is 3.61. The second kappa shape index (κ2) is 9.28. The van der Waals surface area contributed by atoms with Crippen molar-refractivity contribution in [2.45, 2.75) is 37.7 Å². The normalized spacial score (nSPS) is 17.7. The molecule has 2 aromatic rings. The van der Waals surface area contributed by atoms with Gasteiger partial charge in [-0.05, 0) is 50.3 Å². The minimum Gasteiger partial charge on any atom is -0.491 e. The molecule has 0 N–H and O–H groups in total. The van der Waals surface area contributed by atoms with Gasteiger partial charge in [-0.15, -0.1) is 11.3 Å². The quantitative estimate of drug-likeness (QED) is 0.472. The standard InChI is InChI=1S/C21H25NO6S2/c1-14(2)28-17-8-4-6-15(12-17)19(23)16-7-5-10-22(13-16)30(25,26)18-9-11-29-20(18)21(24)27-3/h4,6,8-9,11-12,14,16H,5,7,10,13H2,1-3H3. The Balaban J connectivity index is 1.81. The third kappa shape index (κ3) is 4.74. The molecule has 1 aromatic carbocycles. The van der Waals surface area contributed by atoms with Crippen LogP contribution in [0.4, 0.5) is 0 Å². The highest BCUT2D eigenvalue weighted by atomic mass is 32.2. The molecule has 0 amide bonds. The van der Waals surface area contributed by atoms with E-state index in [1.54, 1.807) is 29.6 Å². The van der Waals surface area contributed by atoms with Crippen LogP contribution in [0.15, 0.2) is 40.6 Å². The highest BCUT2D eigenvalue weighted by molar-refractivity contribution is 7.89. The zero-order valence-corrected chi connectivity index (χ0v) is 18.8. The van der Waals surface area contributed by atoms with Crippen LogP contribution in [0.5, 0.6) is 5.75 Å². The molecule has 0 aliphatic carbocycles. The number of piperidine rings is 1. The summed E-state index contributed by atoms with van der Waals surface area (Å²) in [4.78, 5) is 25.0. The zero-order chi connectivity index (χ0) is 21.9. The largest absolute Gasteiger partial charge is 0.491 e. The van der Waals surface area contributed by atoms with E-state index in [0.717, 1.165) is 11.3 Å². The summed E-state index contributed by atoms with van der Waals surface area (Å²) in [6, 6.07) is 8.38. The van der Waals surface area contributed by atoms with Crippen molar-refractivity contribution in [1.29, 1.82) is 0 Å². The number of ether oxygens (including phenoxy) is 2. The second-order valence-corrected chi connectivity index (χ2v) is 10.2. The lowest BCUT2D eigenvalue weighted by atomic mass is 9.91. The fourth-order valence-electron chi connectivity index (χ4n) is 3.49. The van der Waals surface area contributed by atoms with E-state index >= 15 is 0 Å². The first-order valence-corrected chi connectivity index (χ1v) is 12.0. The number of methoxy groups -OCH3 is 1. The van der Waals surface area contributed by atoms with Gasteiger partial charge in [0.2, 0.25) is 10.0 Å². The average molecular weight is 452 g/mol. The van der Waals surface area contributed by atoms with Gasteiger partial charge in [-0.1, -0.05) is 12.1 Å². The molecule has 1 atom stereocenters. The number of carbonyl (C=O) groups excluding carboxylic acids is 2. The molecule has 1 aromatic heterocycles. The maximum Gasteiger partial charge on any atom is 0.349 e. The van der Waals surface area contributed by atoms with Crippen molar-refractivity contribution in [3.8, 4) is 5.75 Å². The van der Waals surface area contributed by atoms with Crippen molar-refractivity contribution in [1.82, 2.24) is 4.31 Å². The van der Waals surface area contributed by atoms with Gasteiger partial charge in [0.15, 0.2) is 5.78 Å². The molecule has 30 heavy (non-hydrogen) atoms. The monoisotopic (exact) mass is 451 g/mol. The number of hydrogen-bond donors (Lipinski definition) is 0. The summed E-state index contributed by atoms with van der Waals surface area (Å²) in [5.74, 6) is -0.641. The van der Waals surface area contributed by atoms with Crippen molar-refractivity contribution in [3.05, 3.63) is 46.2 Å². The third-order valence-corrected chi connectivity index (χ3v) is 7.79. The Bertz CT molecular complexity index is 1030. The summed E-state index contributed by atoms with van der Waals surface area (Å²) in [5, 5.41) is 1.55. The van der Waals surface area contributed by atoms with Crippen LogP contribution >= 0.6 is 11.3 Å². The molecule has 0 bridgehead atoms. The molecule has 1 unspecified atom stereocenters. The molecular formula is C21H25NO6S2. The van der Waals surface area contributed by atoms with E-state index in [1.165, 1.54) is 17.5 Å². The van der Waals surface area contributed by atoms with Gasteiger partial charge in [-0.3, -0.25) is 4.79 Å². The van der Waals surface area contributed by atoms with E-state index in [0.29, 0.717) is 30.7 Å². The van der Waals surface area contributed by atoms with Crippen molar-refractivity contribution < 1.29 is 27.5 Å². The number of esters is 1. The van der Waals surface area contributed by atoms with Gasteiger partial charge >= 0.3 is 5.97 Å². The van der Waals surface area contributed by atoms with Crippen molar-refractivity contribution in [2.75, 3.05) is 20.2 Å². The highest BCUT2D eigenvalue weighted by Crippen LogP contribution is 2.30. The highest BCUT2D eigenvalue weighted by Gasteiger charge is 2.36. The number of carbonyl (C=O) groups is 2. The van der Waals surface area contributed by atoms with Crippen LogP contribution in [-0.4, -0.2) is 50.8 Å². The van der Waals surface area contributed by atoms with Crippen LogP contribution in [0.25, 0.3) is 0 Å². The zero-order valence-electron chi connectivity index (χ0n) is 17.2. The number of sulfonamides is 1. The van der Waals surface area contributed by atoms with Crippen LogP contribution in [0, 0.1) is 5.92 Å². The Morgan fingerprint density at radius 2 is 2.00 bits per heavy atom. The summed E-state index contributed by atoms with van der Waals surface area (Å²) in [6.45, 7) is 4.20. The van der Waals surface area contributed by atoms with Gasteiger partial charge in [-0.25, -0.2) is 13.2 Å². The Morgan fingerprint density at radius 1 is 1.23 bits per heavy atom. The van der Waals surface area contributed by atoms with Crippen LogP contribution < -0.4 is 4.74 Å². The fraction of sp³-hybridized carbons (Fsp3) is 0.429. The molecular weight excluding hydrogens is 426 g/mol. The SMILES string of the molecule is COC(=O)c1sccc1S(=O)(=O)N1CCCC(C(=O)c2cccc(OC(C)C)c2)C1. The first kappa shape index (κ1) is 22.5. The van der Waals surface area contributed by atoms with Gasteiger partial charge in [-0.2, -0.15) is 4.31 Å². The molecule has 1 aliphatic rings. The van der Waals surface area contributed by atoms with Crippen molar-refractivity contribution in [2.24, 2.45) is 5.92 Å². The lowest BCUT2D eigenvalue weighted by Gasteiger charge is -2.31. The van der Waals surface area contributed by atoms with Crippen LogP contribution in [0.1, 0.15) is 46.7 Å². The van der Waals surface area contributed by atoms with Gasteiger partial charge in [0.05, 0.1) is 13.2 Å². The summed E-state index contributed by atoms with van der Waals surface area (Å²) >= 11 is 1.02. The topological polar surface area (TPSA) is 90.0 Å². The van der Waals surface area contributed by atoms with Gasteiger partial charge in [0.25, 0.3) is 0 Å². The average Bonchev–Trinajstić information content (AvgIpc) is 3.23. The molecule has 1 fully saturated rings. The van der Waals surface area contributed by atoms with E-state index < -0.39 is 21.9 Å². The number of thiophene rings is 1. The lowest BCUT2D eigenvalue weighted by Crippen LogP contribution is -2.42. The molecule has 7 nitrogen and oxygen atoms in total. The van der Waals surface area contributed by atoms with E-state index in [9.17, 15) is 18.0 Å². The van der Waals surface area contributed by atoms with Gasteiger partial charge in [0.1, 0.15) is 15.5 Å². The summed E-state index contributed by atoms with van der Waals surface area (Å²) in [6.07, 6.45) is 1.16. The van der Waals surface area contributed by atoms with E-state index in [4.69, 9.17) is 9.47 Å². The molecule has 1 aliphatic heterocycles. The van der Waals surface area contributed by atoms with Crippen LogP contribution in [0.3, 0.4) is 0 Å². The minimum atomic E-state index is -3.91. The number of hydrogen-bond acceptors (Lipinski definition) is 7. The maximum absolute atomic E-state index is 13.2. The summed E-state index contributed by atoms with van der Waals surface area (Å²) in [7, 11) is -2.70. The Morgan fingerprint density at radius 3 is 2.70 bits per heavy atom. The third-order valence-electron chi connectivity index (χ3n) is 4.86. The molecule has 0 spiro atoms. The Labute approximate surface area is 180 Å². The maximum atomic E-state index is 13.2. The van der Waals surface area contributed by atoms with E-state index in [-0.39, 0.29) is 28.2 Å². The predicted molar refractivity (Wildman–Crippen MR) is 114 cm³/mol. The molecule has 162 valence electrons. The lowest BCUT2D eigenvalue weighted by molar-refractivity contribution is 0.0601. The van der Waals surface area contributed by atoms with E-state index in [1.807, 2.05) is 13.8 Å². The number of rotatable bonds is 7. The number of ketones is 1. The van der Waals surface area contributed by atoms with Crippen molar-refractivity contribution in [3.63, 3.8) is 0 Å². The molecule has 3 rings (SSSR count). The molecule has 1 saturated heterocycles. The first-order valence-electron chi connectivity index (χ1n) is 9.71. The number of benzene rings is 1. The van der Waals surface area contributed by atoms with Gasteiger partial charge in [0, 0.05) is 24.6 Å². The molecule has 0 radical (unpaired) electrons. The Kier molecular flexibility index (Phi) is 6.95. The van der Waals surface area contributed by atoms with Crippen LogP contribution in [0.2, 0.25) is 0 Å². The number of Topliss-reactive ketones (excluding diaryl/α,β-unsaturated/α-hetero) is 1. The van der Waals surface area contributed by atoms with E-state index in [2.05, 4.69) is 0 Å². The van der Waals surface area contributed by atoms with Crippen molar-refractivity contribution >= 4 is 33.1 Å². The van der Waals surface area contributed by atoms with Crippen LogP contribution in [-0.2, 0) is 14.8 Å². The fourth-order valence-corrected chi connectivity index (χ4v) is 6.32.